The van der Waals surface area contributed by atoms with Crippen LogP contribution in [0.5, 0.6) is 0 Å². The number of hydrogen-bond donors (Lipinski definition) is 1. The molecule has 1 aliphatic rings. The van der Waals surface area contributed by atoms with Gasteiger partial charge < -0.3 is 9.88 Å². The van der Waals surface area contributed by atoms with Gasteiger partial charge in [0.25, 0.3) is 0 Å². The van der Waals surface area contributed by atoms with Crippen molar-refractivity contribution in [2.24, 2.45) is 0 Å². The highest BCUT2D eigenvalue weighted by Gasteiger charge is 2.25. The normalized spacial score (nSPS) is 17.9. The molecular formula is C11H17N3O3S. The lowest BCUT2D eigenvalue weighted by atomic mass is 10.2. The van der Waals surface area contributed by atoms with Crippen LogP contribution in [-0.4, -0.2) is 60.9 Å². The maximum atomic E-state index is 12.0. The minimum Gasteiger partial charge on any atom is -0.365 e. The predicted octanol–water partition coefficient (Wildman–Crippen LogP) is -0.339. The molecule has 0 aromatic carbocycles. The number of rotatable bonds is 3. The number of piperazine rings is 1. The van der Waals surface area contributed by atoms with Gasteiger partial charge in [-0.1, -0.05) is 0 Å². The molecule has 0 radical (unpaired) electrons. The third-order valence-corrected chi connectivity index (χ3v) is 4.37. The van der Waals surface area contributed by atoms with Crippen LogP contribution in [0.15, 0.2) is 18.3 Å². The molecule has 0 unspecified atom stereocenters. The topological polar surface area (TPSA) is 73.5 Å². The summed E-state index contributed by atoms with van der Waals surface area (Å²) < 4.78 is 24.1. The minimum atomic E-state index is -3.14. The van der Waals surface area contributed by atoms with Crippen molar-refractivity contribution < 1.29 is 13.2 Å². The SMILES string of the molecule is CS(=O)(=O)N1CCN(C(=O)Cc2ccc[nH]2)CC1. The number of carbonyl (C=O) groups excluding carboxylic acids is 1. The lowest BCUT2D eigenvalue weighted by Crippen LogP contribution is -2.50. The van der Waals surface area contributed by atoms with E-state index in [0.717, 1.165) is 5.69 Å². The van der Waals surface area contributed by atoms with Gasteiger partial charge in [0.2, 0.25) is 15.9 Å². The Bertz CT molecular complexity index is 502. The van der Waals surface area contributed by atoms with Crippen LogP contribution in [0, 0.1) is 0 Å². The quantitative estimate of drug-likeness (QED) is 0.817. The standard InChI is InChI=1S/C11H17N3O3S/c1-18(16,17)14-7-5-13(6-8-14)11(15)9-10-3-2-4-12-10/h2-4,12H,5-9H2,1H3. The Hall–Kier alpha value is -1.34. The van der Waals surface area contributed by atoms with Crippen molar-refractivity contribution in [3.63, 3.8) is 0 Å². The minimum absolute atomic E-state index is 0.0330. The van der Waals surface area contributed by atoms with Crippen molar-refractivity contribution in [3.8, 4) is 0 Å². The third-order valence-electron chi connectivity index (χ3n) is 3.06. The molecule has 100 valence electrons. The zero-order chi connectivity index (χ0) is 13.2. The van der Waals surface area contributed by atoms with Gasteiger partial charge in [-0.15, -0.1) is 0 Å². The Balaban J connectivity index is 1.88. The lowest BCUT2D eigenvalue weighted by Gasteiger charge is -2.33. The van der Waals surface area contributed by atoms with E-state index in [-0.39, 0.29) is 5.91 Å². The average Bonchev–Trinajstić information content (AvgIpc) is 2.81. The Morgan fingerprint density at radius 3 is 2.50 bits per heavy atom. The van der Waals surface area contributed by atoms with E-state index in [2.05, 4.69) is 4.98 Å². The number of nitrogens with zero attached hydrogens (tertiary/aromatic N) is 2. The van der Waals surface area contributed by atoms with Crippen LogP contribution in [0.1, 0.15) is 5.69 Å². The number of sulfonamides is 1. The van der Waals surface area contributed by atoms with E-state index < -0.39 is 10.0 Å². The molecule has 1 aliphatic heterocycles. The highest BCUT2D eigenvalue weighted by Crippen LogP contribution is 2.08. The molecule has 0 atom stereocenters. The summed E-state index contributed by atoms with van der Waals surface area (Å²) in [5.41, 5.74) is 0.880. The Labute approximate surface area is 107 Å². The van der Waals surface area contributed by atoms with Crippen LogP contribution in [0.4, 0.5) is 0 Å². The number of nitrogens with one attached hydrogen (secondary N) is 1. The van der Waals surface area contributed by atoms with Crippen LogP contribution in [-0.2, 0) is 21.2 Å². The molecule has 2 heterocycles. The zero-order valence-corrected chi connectivity index (χ0v) is 11.1. The van der Waals surface area contributed by atoms with Crippen LogP contribution in [0.3, 0.4) is 0 Å². The van der Waals surface area contributed by atoms with E-state index in [1.807, 2.05) is 12.1 Å². The summed E-state index contributed by atoms with van der Waals surface area (Å²) in [6, 6.07) is 3.72. The van der Waals surface area contributed by atoms with Gasteiger partial charge >= 0.3 is 0 Å². The lowest BCUT2D eigenvalue weighted by molar-refractivity contribution is -0.131. The molecule has 1 fully saturated rings. The van der Waals surface area contributed by atoms with E-state index >= 15 is 0 Å². The molecule has 6 nitrogen and oxygen atoms in total. The van der Waals surface area contributed by atoms with Crippen molar-refractivity contribution in [2.45, 2.75) is 6.42 Å². The summed E-state index contributed by atoms with van der Waals surface area (Å²) in [6.45, 7) is 1.70. The van der Waals surface area contributed by atoms with Gasteiger partial charge in [-0.25, -0.2) is 8.42 Å². The van der Waals surface area contributed by atoms with E-state index in [4.69, 9.17) is 0 Å². The molecule has 7 heteroatoms. The number of aromatic amines is 1. The Kier molecular flexibility index (Phi) is 3.72. The molecular weight excluding hydrogens is 254 g/mol. The Morgan fingerprint density at radius 1 is 1.33 bits per heavy atom. The highest BCUT2D eigenvalue weighted by atomic mass is 32.2. The molecule has 2 rings (SSSR count). The molecule has 1 amide bonds. The smallest absolute Gasteiger partial charge is 0.228 e. The van der Waals surface area contributed by atoms with Gasteiger partial charge in [0, 0.05) is 38.1 Å². The second-order valence-corrected chi connectivity index (χ2v) is 6.40. The first-order chi connectivity index (χ1) is 8.47. The fourth-order valence-electron chi connectivity index (χ4n) is 2.02. The summed E-state index contributed by atoms with van der Waals surface area (Å²) in [6.07, 6.45) is 3.32. The van der Waals surface area contributed by atoms with E-state index in [1.165, 1.54) is 10.6 Å². The molecule has 0 saturated carbocycles. The summed E-state index contributed by atoms with van der Waals surface area (Å²) in [5, 5.41) is 0. The summed E-state index contributed by atoms with van der Waals surface area (Å²) in [4.78, 5) is 16.7. The van der Waals surface area contributed by atoms with Crippen LogP contribution in [0.25, 0.3) is 0 Å². The molecule has 1 aromatic rings. The first-order valence-corrected chi connectivity index (χ1v) is 7.67. The van der Waals surface area contributed by atoms with Gasteiger partial charge in [-0.3, -0.25) is 4.79 Å². The van der Waals surface area contributed by atoms with Gasteiger partial charge in [-0.2, -0.15) is 4.31 Å². The zero-order valence-electron chi connectivity index (χ0n) is 10.3. The highest BCUT2D eigenvalue weighted by molar-refractivity contribution is 7.88. The summed E-state index contributed by atoms with van der Waals surface area (Å²) >= 11 is 0. The third kappa shape index (κ3) is 3.11. The fourth-order valence-corrected chi connectivity index (χ4v) is 2.85. The van der Waals surface area contributed by atoms with Gasteiger partial charge in [-0.05, 0) is 12.1 Å². The van der Waals surface area contributed by atoms with E-state index in [0.29, 0.717) is 32.6 Å². The molecule has 18 heavy (non-hydrogen) atoms. The van der Waals surface area contributed by atoms with Crippen LogP contribution >= 0.6 is 0 Å². The van der Waals surface area contributed by atoms with Gasteiger partial charge in [0.05, 0.1) is 12.7 Å². The summed E-state index contributed by atoms with van der Waals surface area (Å²) in [7, 11) is -3.14. The van der Waals surface area contributed by atoms with Gasteiger partial charge in [0.1, 0.15) is 0 Å². The average molecular weight is 271 g/mol. The molecule has 1 saturated heterocycles. The second-order valence-electron chi connectivity index (χ2n) is 4.41. The van der Waals surface area contributed by atoms with Gasteiger partial charge in [0.15, 0.2) is 0 Å². The second kappa shape index (κ2) is 5.11. The van der Waals surface area contributed by atoms with Crippen molar-refractivity contribution in [3.05, 3.63) is 24.0 Å². The van der Waals surface area contributed by atoms with Crippen molar-refractivity contribution >= 4 is 15.9 Å². The number of aromatic nitrogens is 1. The number of amides is 1. The molecule has 0 aliphatic carbocycles. The van der Waals surface area contributed by atoms with Crippen molar-refractivity contribution in [2.75, 3.05) is 32.4 Å². The molecule has 1 N–H and O–H groups in total. The number of carbonyl (C=O) groups is 1. The first kappa shape index (κ1) is 13.1. The maximum absolute atomic E-state index is 12.0. The first-order valence-electron chi connectivity index (χ1n) is 5.82. The largest absolute Gasteiger partial charge is 0.365 e. The molecule has 0 spiro atoms. The number of hydrogen-bond acceptors (Lipinski definition) is 3. The fraction of sp³-hybridized carbons (Fsp3) is 0.545. The molecule has 0 bridgehead atoms. The summed E-state index contributed by atoms with van der Waals surface area (Å²) in [5.74, 6) is 0.0330. The number of H-pyrrole nitrogens is 1. The predicted molar refractivity (Wildman–Crippen MR) is 67.5 cm³/mol. The van der Waals surface area contributed by atoms with E-state index in [1.54, 1.807) is 11.1 Å². The monoisotopic (exact) mass is 271 g/mol. The maximum Gasteiger partial charge on any atom is 0.228 e. The van der Waals surface area contributed by atoms with E-state index in [9.17, 15) is 13.2 Å². The Morgan fingerprint density at radius 2 is 2.00 bits per heavy atom. The van der Waals surface area contributed by atoms with Crippen molar-refractivity contribution in [1.82, 2.24) is 14.2 Å². The molecule has 1 aromatic heterocycles. The van der Waals surface area contributed by atoms with Crippen LogP contribution < -0.4 is 0 Å². The van der Waals surface area contributed by atoms with Crippen molar-refractivity contribution in [1.29, 1.82) is 0 Å². The van der Waals surface area contributed by atoms with Crippen LogP contribution in [0.2, 0.25) is 0 Å².